The quantitative estimate of drug-likeness (QED) is 0.353. The second-order valence-corrected chi connectivity index (χ2v) is 10.3. The summed E-state index contributed by atoms with van der Waals surface area (Å²) < 4.78 is 7.44. The minimum atomic E-state index is -0.723. The molecule has 6 nitrogen and oxygen atoms in total. The number of ether oxygens (including phenoxy) is 1. The molecule has 174 valence electrons. The van der Waals surface area contributed by atoms with Gasteiger partial charge in [-0.05, 0) is 79.6 Å². The second kappa shape index (κ2) is 9.44. The van der Waals surface area contributed by atoms with Crippen LogP contribution in [0, 0.1) is 3.57 Å². The first-order chi connectivity index (χ1) is 15.4. The van der Waals surface area contributed by atoms with Gasteiger partial charge in [-0.25, -0.2) is 10.0 Å². The highest BCUT2D eigenvalue weighted by Gasteiger charge is 2.41. The van der Waals surface area contributed by atoms with Gasteiger partial charge in [-0.1, -0.05) is 30.2 Å². The van der Waals surface area contributed by atoms with Crippen molar-refractivity contribution >= 4 is 58.2 Å². The number of anilines is 1. The fourth-order valence-electron chi connectivity index (χ4n) is 4.58. The Morgan fingerprint density at radius 1 is 1.18 bits per heavy atom. The number of nitrogens with zero attached hydrogens (tertiary/aromatic N) is 3. The van der Waals surface area contributed by atoms with Gasteiger partial charge in [0.05, 0.1) is 22.0 Å². The van der Waals surface area contributed by atoms with E-state index in [1.807, 2.05) is 56.3 Å². The molecule has 3 aromatic rings. The molecule has 5 rings (SSSR count). The molecule has 2 aliphatic heterocycles. The largest absolute Gasteiger partial charge is 0.482 e. The number of hydrogen-bond donors (Lipinski definition) is 1. The van der Waals surface area contributed by atoms with Crippen LogP contribution in [0.4, 0.5) is 5.69 Å². The Labute approximate surface area is 218 Å². The molecular weight excluding hydrogens is 574 g/mol. The van der Waals surface area contributed by atoms with Crippen LogP contribution in [0.3, 0.4) is 0 Å². The van der Waals surface area contributed by atoms with E-state index in [-0.39, 0.29) is 18.3 Å². The van der Waals surface area contributed by atoms with E-state index in [1.54, 1.807) is 5.01 Å². The van der Waals surface area contributed by atoms with Crippen LogP contribution in [0.2, 0.25) is 5.02 Å². The predicted molar refractivity (Wildman–Crippen MR) is 141 cm³/mol. The van der Waals surface area contributed by atoms with Crippen LogP contribution in [0.15, 0.2) is 42.5 Å². The van der Waals surface area contributed by atoms with Crippen molar-refractivity contribution in [3.8, 4) is 17.0 Å². The van der Waals surface area contributed by atoms with Crippen molar-refractivity contribution in [2.45, 2.75) is 38.7 Å². The van der Waals surface area contributed by atoms with Crippen LogP contribution in [0.1, 0.15) is 49.2 Å². The van der Waals surface area contributed by atoms with Crippen LogP contribution >= 0.6 is 46.6 Å². The molecule has 1 saturated heterocycles. The monoisotopic (exact) mass is 598 g/mol. The highest BCUT2D eigenvalue weighted by atomic mass is 127. The Kier molecular flexibility index (Phi) is 6.96. The average molecular weight is 599 g/mol. The number of halogens is 3. The maximum atomic E-state index is 14.1. The molecule has 0 unspecified atom stereocenters. The molecule has 1 amide bonds. The lowest BCUT2D eigenvalue weighted by Gasteiger charge is -2.38. The van der Waals surface area contributed by atoms with Gasteiger partial charge in [0.1, 0.15) is 11.4 Å². The third-order valence-electron chi connectivity index (χ3n) is 6.04. The number of rotatable bonds is 3. The molecular formula is C24H25Cl2IN4O2. The molecule has 0 spiro atoms. The number of carbonyl (C=O) groups is 1. The fourth-order valence-corrected chi connectivity index (χ4v) is 5.26. The number of nitrogens with one attached hydrogen (secondary N) is 1. The Balaban J connectivity index is 0.00000259. The molecule has 0 saturated carbocycles. The molecule has 2 aromatic carbocycles. The number of carbonyl (C=O) groups excluding carboxylic acids is 1. The summed E-state index contributed by atoms with van der Waals surface area (Å²) in [6, 6.07) is 13.5. The van der Waals surface area contributed by atoms with Gasteiger partial charge < -0.3 is 4.74 Å². The van der Waals surface area contributed by atoms with Gasteiger partial charge in [0, 0.05) is 22.2 Å². The zero-order chi connectivity index (χ0) is 22.5. The molecule has 9 heteroatoms. The summed E-state index contributed by atoms with van der Waals surface area (Å²) in [6.07, 6.45) is 3.23. The number of aromatic amines is 1. The van der Waals surface area contributed by atoms with Gasteiger partial charge in [0.25, 0.3) is 5.91 Å². The Bertz CT molecular complexity index is 1190. The van der Waals surface area contributed by atoms with Crippen molar-refractivity contribution in [2.75, 3.05) is 18.1 Å². The van der Waals surface area contributed by atoms with Gasteiger partial charge in [-0.15, -0.1) is 12.4 Å². The maximum absolute atomic E-state index is 14.1. The number of fused-ring (bicyclic) bond motifs is 3. The summed E-state index contributed by atoms with van der Waals surface area (Å²) >= 11 is 8.82. The average Bonchev–Trinajstić information content (AvgIpc) is 3.22. The lowest BCUT2D eigenvalue weighted by Crippen LogP contribution is -2.50. The first-order valence-electron chi connectivity index (χ1n) is 10.8. The SMILES string of the molecule is CC1(C)Oc2cc(I)ccc2-c2[nH]nc(C(=O)N(c3ccccc3Cl)N3CCCCC3)c21.Cl. The summed E-state index contributed by atoms with van der Waals surface area (Å²) in [5, 5.41) is 12.0. The number of piperidine rings is 1. The number of aromatic nitrogens is 2. The number of benzene rings is 2. The van der Waals surface area contributed by atoms with E-state index in [0.29, 0.717) is 16.4 Å². The van der Waals surface area contributed by atoms with E-state index < -0.39 is 5.60 Å². The molecule has 1 fully saturated rings. The molecule has 0 bridgehead atoms. The van der Waals surface area contributed by atoms with Crippen LogP contribution in [-0.4, -0.2) is 34.2 Å². The normalized spacial score (nSPS) is 16.7. The molecule has 0 aliphatic carbocycles. The molecule has 0 atom stereocenters. The van der Waals surface area contributed by atoms with E-state index in [4.69, 9.17) is 16.3 Å². The first-order valence-corrected chi connectivity index (χ1v) is 12.2. The Morgan fingerprint density at radius 2 is 1.91 bits per heavy atom. The standard InChI is InChI=1S/C24H24ClIN4O2.ClH/c1-24(2)20-21(16-11-10-15(26)14-19(16)32-24)27-28-22(20)23(31)30(29-12-6-3-7-13-29)18-9-5-4-8-17(18)25;/h4-5,8-11,14H,3,6-7,12-13H2,1-2H3,(H,27,28);1H. The predicted octanol–water partition coefficient (Wildman–Crippen LogP) is 6.43. The van der Waals surface area contributed by atoms with Crippen LogP contribution in [-0.2, 0) is 5.60 Å². The van der Waals surface area contributed by atoms with E-state index >= 15 is 0 Å². The molecule has 1 aromatic heterocycles. The number of para-hydroxylation sites is 1. The van der Waals surface area contributed by atoms with Crippen molar-refractivity contribution in [1.82, 2.24) is 15.2 Å². The van der Waals surface area contributed by atoms with Crippen LogP contribution in [0.25, 0.3) is 11.3 Å². The van der Waals surface area contributed by atoms with Gasteiger partial charge in [0.15, 0.2) is 5.69 Å². The molecule has 33 heavy (non-hydrogen) atoms. The topological polar surface area (TPSA) is 61.5 Å². The van der Waals surface area contributed by atoms with Gasteiger partial charge >= 0.3 is 0 Å². The van der Waals surface area contributed by atoms with Crippen molar-refractivity contribution in [3.05, 3.63) is 62.3 Å². The summed E-state index contributed by atoms with van der Waals surface area (Å²) in [6.45, 7) is 5.54. The minimum absolute atomic E-state index is 0. The summed E-state index contributed by atoms with van der Waals surface area (Å²) in [5.74, 6) is 0.583. The van der Waals surface area contributed by atoms with Crippen molar-refractivity contribution < 1.29 is 9.53 Å². The third kappa shape index (κ3) is 4.36. The van der Waals surface area contributed by atoms with E-state index in [1.165, 1.54) is 0 Å². The smallest absolute Gasteiger partial charge is 0.293 e. The van der Waals surface area contributed by atoms with Crippen LogP contribution in [0.5, 0.6) is 5.75 Å². The van der Waals surface area contributed by atoms with Gasteiger partial charge in [0.2, 0.25) is 0 Å². The minimum Gasteiger partial charge on any atom is -0.482 e. The van der Waals surface area contributed by atoms with Crippen LogP contribution < -0.4 is 9.75 Å². The number of H-pyrrole nitrogens is 1. The van der Waals surface area contributed by atoms with Crippen molar-refractivity contribution in [2.24, 2.45) is 0 Å². The number of amides is 1. The van der Waals surface area contributed by atoms with Gasteiger partial charge in [-0.2, -0.15) is 5.10 Å². The molecule has 1 N–H and O–H groups in total. The fraction of sp³-hybridized carbons (Fsp3) is 0.333. The summed E-state index contributed by atoms with van der Waals surface area (Å²) in [5.41, 5.74) is 2.81. The summed E-state index contributed by atoms with van der Waals surface area (Å²) in [7, 11) is 0. The van der Waals surface area contributed by atoms with Crippen molar-refractivity contribution in [3.63, 3.8) is 0 Å². The highest BCUT2D eigenvalue weighted by Crippen LogP contribution is 2.46. The molecule has 3 heterocycles. The maximum Gasteiger partial charge on any atom is 0.293 e. The molecule has 2 aliphatic rings. The first kappa shape index (κ1) is 24.3. The molecule has 0 radical (unpaired) electrons. The summed E-state index contributed by atoms with van der Waals surface area (Å²) in [4.78, 5) is 14.1. The Morgan fingerprint density at radius 3 is 2.64 bits per heavy atom. The van der Waals surface area contributed by atoms with E-state index in [2.05, 4.69) is 37.8 Å². The zero-order valence-corrected chi connectivity index (χ0v) is 22.1. The lowest BCUT2D eigenvalue weighted by atomic mass is 9.89. The number of hydrazine groups is 1. The van der Waals surface area contributed by atoms with Crippen molar-refractivity contribution in [1.29, 1.82) is 0 Å². The Hall–Kier alpha value is -1.81. The highest BCUT2D eigenvalue weighted by molar-refractivity contribution is 14.1. The van der Waals surface area contributed by atoms with Gasteiger partial charge in [-0.3, -0.25) is 9.89 Å². The second-order valence-electron chi connectivity index (χ2n) is 8.66. The van der Waals surface area contributed by atoms with E-state index in [9.17, 15) is 4.79 Å². The number of hydrogen-bond acceptors (Lipinski definition) is 4. The zero-order valence-electron chi connectivity index (χ0n) is 18.4. The third-order valence-corrected chi connectivity index (χ3v) is 7.03. The lowest BCUT2D eigenvalue weighted by molar-refractivity contribution is 0.0833. The van der Waals surface area contributed by atoms with E-state index in [0.717, 1.165) is 58.5 Å².